The summed E-state index contributed by atoms with van der Waals surface area (Å²) in [6.07, 6.45) is 1.64. The number of nitrogens with zero attached hydrogens (tertiary/aromatic N) is 2. The van der Waals surface area contributed by atoms with E-state index < -0.39 is 5.60 Å². The standard InChI is InChI=1S/C14H27N3O3/c1-14(2)10-17(7-12(9-18)20-14)13(19)8-16-5-3-11(15)4-6-16/h11-12,18H,3-10,15H2,1-2H3. The van der Waals surface area contributed by atoms with Crippen LogP contribution in [-0.2, 0) is 9.53 Å². The number of likely N-dealkylation sites (tertiary alicyclic amines) is 1. The zero-order valence-electron chi connectivity index (χ0n) is 12.5. The van der Waals surface area contributed by atoms with Gasteiger partial charge in [0, 0.05) is 32.2 Å². The molecule has 1 amide bonds. The van der Waals surface area contributed by atoms with Crippen molar-refractivity contribution in [2.75, 3.05) is 39.3 Å². The molecule has 0 saturated carbocycles. The van der Waals surface area contributed by atoms with E-state index >= 15 is 0 Å². The smallest absolute Gasteiger partial charge is 0.236 e. The maximum Gasteiger partial charge on any atom is 0.236 e. The van der Waals surface area contributed by atoms with E-state index in [1.165, 1.54) is 0 Å². The van der Waals surface area contributed by atoms with Gasteiger partial charge in [-0.05, 0) is 26.7 Å². The van der Waals surface area contributed by atoms with Crippen molar-refractivity contribution in [2.24, 2.45) is 5.73 Å². The van der Waals surface area contributed by atoms with Crippen molar-refractivity contribution < 1.29 is 14.6 Å². The van der Waals surface area contributed by atoms with Crippen LogP contribution in [0.4, 0.5) is 0 Å². The summed E-state index contributed by atoms with van der Waals surface area (Å²) < 4.78 is 5.73. The number of carbonyl (C=O) groups is 1. The second kappa shape index (κ2) is 6.39. The van der Waals surface area contributed by atoms with Crippen LogP contribution >= 0.6 is 0 Å². The van der Waals surface area contributed by atoms with Gasteiger partial charge < -0.3 is 20.5 Å². The van der Waals surface area contributed by atoms with E-state index in [2.05, 4.69) is 4.90 Å². The van der Waals surface area contributed by atoms with Crippen LogP contribution in [0.3, 0.4) is 0 Å². The van der Waals surface area contributed by atoms with Crippen LogP contribution in [0.2, 0.25) is 0 Å². The Morgan fingerprint density at radius 2 is 2.05 bits per heavy atom. The molecule has 0 bridgehead atoms. The second-order valence-corrected chi connectivity index (χ2v) is 6.57. The monoisotopic (exact) mass is 285 g/mol. The molecule has 1 unspecified atom stereocenters. The number of nitrogens with two attached hydrogens (primary N) is 1. The first-order valence-corrected chi connectivity index (χ1v) is 7.44. The number of carbonyl (C=O) groups excluding carboxylic acids is 1. The topological polar surface area (TPSA) is 79.0 Å². The quantitative estimate of drug-likeness (QED) is 0.724. The van der Waals surface area contributed by atoms with Crippen molar-refractivity contribution in [3.8, 4) is 0 Å². The highest BCUT2D eigenvalue weighted by atomic mass is 16.5. The van der Waals surface area contributed by atoms with Gasteiger partial charge in [0.25, 0.3) is 0 Å². The zero-order chi connectivity index (χ0) is 14.8. The second-order valence-electron chi connectivity index (χ2n) is 6.57. The minimum absolute atomic E-state index is 0.0498. The van der Waals surface area contributed by atoms with Crippen LogP contribution in [-0.4, -0.2) is 77.9 Å². The van der Waals surface area contributed by atoms with Crippen LogP contribution < -0.4 is 5.73 Å². The van der Waals surface area contributed by atoms with E-state index in [0.717, 1.165) is 25.9 Å². The number of rotatable bonds is 3. The first kappa shape index (κ1) is 15.7. The Hall–Kier alpha value is -0.690. The minimum Gasteiger partial charge on any atom is -0.394 e. The molecule has 2 rings (SSSR count). The summed E-state index contributed by atoms with van der Waals surface area (Å²) in [5.74, 6) is 0.121. The van der Waals surface area contributed by atoms with Gasteiger partial charge in [-0.3, -0.25) is 9.69 Å². The fraction of sp³-hybridized carbons (Fsp3) is 0.929. The molecule has 2 fully saturated rings. The van der Waals surface area contributed by atoms with E-state index in [4.69, 9.17) is 10.5 Å². The predicted octanol–water partition coefficient (Wildman–Crippen LogP) is -0.592. The third kappa shape index (κ3) is 4.15. The summed E-state index contributed by atoms with van der Waals surface area (Å²) in [5.41, 5.74) is 5.48. The van der Waals surface area contributed by atoms with Crippen molar-refractivity contribution >= 4 is 5.91 Å². The average Bonchev–Trinajstić information content (AvgIpc) is 2.39. The number of hydrogen-bond acceptors (Lipinski definition) is 5. The molecule has 1 atom stereocenters. The van der Waals surface area contributed by atoms with Gasteiger partial charge in [0.2, 0.25) is 5.91 Å². The lowest BCUT2D eigenvalue weighted by Crippen LogP contribution is -2.57. The first-order valence-electron chi connectivity index (χ1n) is 7.44. The fourth-order valence-corrected chi connectivity index (χ4v) is 2.98. The van der Waals surface area contributed by atoms with Crippen molar-refractivity contribution in [2.45, 2.75) is 44.4 Å². The molecule has 20 heavy (non-hydrogen) atoms. The van der Waals surface area contributed by atoms with Gasteiger partial charge in [-0.15, -0.1) is 0 Å². The Bertz CT molecular complexity index is 341. The van der Waals surface area contributed by atoms with Gasteiger partial charge in [-0.25, -0.2) is 0 Å². The molecule has 3 N–H and O–H groups in total. The summed E-state index contributed by atoms with van der Waals surface area (Å²) in [7, 11) is 0. The Morgan fingerprint density at radius 3 is 2.65 bits per heavy atom. The third-order valence-electron chi connectivity index (χ3n) is 4.03. The fourth-order valence-electron chi connectivity index (χ4n) is 2.98. The van der Waals surface area contributed by atoms with Crippen LogP contribution in [0.15, 0.2) is 0 Å². The average molecular weight is 285 g/mol. The van der Waals surface area contributed by atoms with Crippen molar-refractivity contribution in [3.63, 3.8) is 0 Å². The van der Waals surface area contributed by atoms with E-state index in [0.29, 0.717) is 19.6 Å². The van der Waals surface area contributed by atoms with Crippen LogP contribution in [0.5, 0.6) is 0 Å². The maximum atomic E-state index is 12.4. The number of ether oxygens (including phenoxy) is 1. The molecule has 2 heterocycles. The number of amides is 1. The Labute approximate surface area is 120 Å². The van der Waals surface area contributed by atoms with Gasteiger partial charge in [-0.2, -0.15) is 0 Å². The number of aliphatic hydroxyl groups excluding tert-OH is 1. The molecule has 0 spiro atoms. The number of hydrogen-bond donors (Lipinski definition) is 2. The van der Waals surface area contributed by atoms with Crippen LogP contribution in [0, 0.1) is 0 Å². The molecule has 0 aliphatic carbocycles. The summed E-state index contributed by atoms with van der Waals surface area (Å²) >= 11 is 0. The highest BCUT2D eigenvalue weighted by molar-refractivity contribution is 5.78. The molecular weight excluding hydrogens is 258 g/mol. The van der Waals surface area contributed by atoms with Crippen LogP contribution in [0.25, 0.3) is 0 Å². The molecule has 116 valence electrons. The molecule has 2 aliphatic heterocycles. The molecule has 0 aromatic heterocycles. The van der Waals surface area contributed by atoms with Crippen LogP contribution in [0.1, 0.15) is 26.7 Å². The SMILES string of the molecule is CC1(C)CN(C(=O)CN2CCC(N)CC2)CC(CO)O1. The van der Waals surface area contributed by atoms with E-state index in [1.54, 1.807) is 0 Å². The van der Waals surface area contributed by atoms with Gasteiger partial charge in [0.15, 0.2) is 0 Å². The normalized spacial score (nSPS) is 28.6. The molecule has 2 aliphatic rings. The lowest BCUT2D eigenvalue weighted by Gasteiger charge is -2.43. The largest absolute Gasteiger partial charge is 0.394 e. The molecule has 0 aromatic carbocycles. The summed E-state index contributed by atoms with van der Waals surface area (Å²) in [6.45, 7) is 7.15. The molecule has 6 heteroatoms. The van der Waals surface area contributed by atoms with Gasteiger partial charge in [0.1, 0.15) is 0 Å². The summed E-state index contributed by atoms with van der Waals surface area (Å²) in [4.78, 5) is 16.4. The summed E-state index contributed by atoms with van der Waals surface area (Å²) in [6, 6.07) is 0.280. The van der Waals surface area contributed by atoms with Gasteiger partial charge in [0.05, 0.1) is 24.9 Å². The lowest BCUT2D eigenvalue weighted by molar-refractivity contribution is -0.167. The number of morpholine rings is 1. The highest BCUT2D eigenvalue weighted by Crippen LogP contribution is 2.21. The summed E-state index contributed by atoms with van der Waals surface area (Å²) in [5, 5.41) is 9.29. The molecule has 0 aromatic rings. The Balaban J connectivity index is 1.88. The zero-order valence-corrected chi connectivity index (χ0v) is 12.5. The molecule has 0 radical (unpaired) electrons. The molecular formula is C14H27N3O3. The third-order valence-corrected chi connectivity index (χ3v) is 4.03. The van der Waals surface area contributed by atoms with E-state index in [9.17, 15) is 9.90 Å². The maximum absolute atomic E-state index is 12.4. The van der Waals surface area contributed by atoms with E-state index in [1.807, 2.05) is 18.7 Å². The minimum atomic E-state index is -0.397. The lowest BCUT2D eigenvalue weighted by atomic mass is 10.0. The number of aliphatic hydroxyl groups is 1. The first-order chi connectivity index (χ1) is 9.39. The molecule has 6 nitrogen and oxygen atoms in total. The highest BCUT2D eigenvalue weighted by Gasteiger charge is 2.35. The number of piperidine rings is 1. The Kier molecular flexibility index (Phi) is 5.01. The van der Waals surface area contributed by atoms with Crippen molar-refractivity contribution in [1.29, 1.82) is 0 Å². The van der Waals surface area contributed by atoms with E-state index in [-0.39, 0.29) is 24.7 Å². The van der Waals surface area contributed by atoms with Crippen molar-refractivity contribution in [3.05, 3.63) is 0 Å². The Morgan fingerprint density at radius 1 is 1.40 bits per heavy atom. The van der Waals surface area contributed by atoms with Gasteiger partial charge >= 0.3 is 0 Å². The van der Waals surface area contributed by atoms with Gasteiger partial charge in [-0.1, -0.05) is 0 Å². The van der Waals surface area contributed by atoms with Crippen molar-refractivity contribution in [1.82, 2.24) is 9.80 Å². The molecule has 2 saturated heterocycles. The predicted molar refractivity (Wildman–Crippen MR) is 76.3 cm³/mol.